The summed E-state index contributed by atoms with van der Waals surface area (Å²) in [5.74, 6) is 0.240. The van der Waals surface area contributed by atoms with Gasteiger partial charge in [0.05, 0.1) is 18.8 Å². The molecule has 3 rings (SSSR count). The SMILES string of the molecule is CCOC(=O)COc1ccc(CC[C@@H](C)N(C[C@@H](O)c2ccccc2)C[C@@H](O)c2ccccc2)cc1.Cl. The van der Waals surface area contributed by atoms with Crippen molar-refractivity contribution in [1.29, 1.82) is 0 Å². The Morgan fingerprint density at radius 2 is 1.35 bits per heavy atom. The first-order valence-electron chi connectivity index (χ1n) is 12.5. The van der Waals surface area contributed by atoms with Crippen molar-refractivity contribution in [2.45, 2.75) is 44.9 Å². The number of carbonyl (C=O) groups excluding carboxylic acids is 1. The number of hydrogen-bond donors (Lipinski definition) is 2. The summed E-state index contributed by atoms with van der Waals surface area (Å²) in [6.45, 7) is 4.98. The van der Waals surface area contributed by atoms with Crippen LogP contribution in [0.1, 0.15) is 49.2 Å². The van der Waals surface area contributed by atoms with E-state index < -0.39 is 12.2 Å². The highest BCUT2D eigenvalue weighted by Gasteiger charge is 2.22. The van der Waals surface area contributed by atoms with E-state index in [1.807, 2.05) is 84.9 Å². The molecule has 0 unspecified atom stereocenters. The second-order valence-corrected chi connectivity index (χ2v) is 8.93. The van der Waals surface area contributed by atoms with E-state index in [0.717, 1.165) is 29.5 Å². The van der Waals surface area contributed by atoms with E-state index in [1.165, 1.54) is 0 Å². The third-order valence-corrected chi connectivity index (χ3v) is 6.24. The first kappa shape index (κ1) is 30.3. The highest BCUT2D eigenvalue weighted by Crippen LogP contribution is 2.22. The molecule has 7 heteroatoms. The Labute approximate surface area is 226 Å². The van der Waals surface area contributed by atoms with Crippen molar-refractivity contribution in [1.82, 2.24) is 4.90 Å². The molecule has 3 atom stereocenters. The number of nitrogens with zero attached hydrogens (tertiary/aromatic N) is 1. The molecule has 0 radical (unpaired) electrons. The third kappa shape index (κ3) is 10.2. The summed E-state index contributed by atoms with van der Waals surface area (Å²) < 4.78 is 10.4. The van der Waals surface area contributed by atoms with Crippen molar-refractivity contribution in [3.63, 3.8) is 0 Å². The monoisotopic (exact) mass is 527 g/mol. The molecular weight excluding hydrogens is 490 g/mol. The van der Waals surface area contributed by atoms with Crippen molar-refractivity contribution >= 4 is 18.4 Å². The molecule has 0 spiro atoms. The second kappa shape index (κ2) is 16.0. The van der Waals surface area contributed by atoms with Gasteiger partial charge in [-0.05, 0) is 55.5 Å². The molecule has 0 aromatic heterocycles. The van der Waals surface area contributed by atoms with E-state index in [1.54, 1.807) is 6.92 Å². The van der Waals surface area contributed by atoms with Crippen LogP contribution in [0.15, 0.2) is 84.9 Å². The number of aliphatic hydroxyl groups excluding tert-OH is 2. The Hall–Kier alpha value is -2.90. The largest absolute Gasteiger partial charge is 0.482 e. The van der Waals surface area contributed by atoms with Crippen LogP contribution in [0.3, 0.4) is 0 Å². The summed E-state index contributed by atoms with van der Waals surface area (Å²) in [6, 6.07) is 27.1. The molecule has 0 saturated carbocycles. The van der Waals surface area contributed by atoms with Gasteiger partial charge in [-0.3, -0.25) is 4.90 Å². The summed E-state index contributed by atoms with van der Waals surface area (Å²) in [7, 11) is 0. The number of aliphatic hydroxyl groups is 2. The number of ether oxygens (including phenoxy) is 2. The molecular formula is C30H38ClNO5. The van der Waals surface area contributed by atoms with Gasteiger partial charge in [-0.25, -0.2) is 4.79 Å². The molecule has 3 aromatic rings. The summed E-state index contributed by atoms with van der Waals surface area (Å²) in [4.78, 5) is 13.6. The average molecular weight is 528 g/mol. The number of hydrogen-bond acceptors (Lipinski definition) is 6. The summed E-state index contributed by atoms with van der Waals surface area (Å²) in [6.07, 6.45) is 0.394. The molecule has 0 saturated heterocycles. The Morgan fingerprint density at radius 3 is 1.84 bits per heavy atom. The van der Waals surface area contributed by atoms with Gasteiger partial charge in [-0.2, -0.15) is 0 Å². The van der Waals surface area contributed by atoms with Crippen LogP contribution >= 0.6 is 12.4 Å². The quantitative estimate of drug-likeness (QED) is 0.283. The van der Waals surface area contributed by atoms with Crippen LogP contribution < -0.4 is 4.74 Å². The van der Waals surface area contributed by atoms with Gasteiger partial charge < -0.3 is 19.7 Å². The highest BCUT2D eigenvalue weighted by molar-refractivity contribution is 5.85. The summed E-state index contributed by atoms with van der Waals surface area (Å²) in [5, 5.41) is 21.8. The van der Waals surface area contributed by atoms with Crippen LogP contribution in [0.5, 0.6) is 5.75 Å². The van der Waals surface area contributed by atoms with Gasteiger partial charge in [-0.1, -0.05) is 72.8 Å². The highest BCUT2D eigenvalue weighted by atomic mass is 35.5. The Morgan fingerprint density at radius 1 is 0.838 bits per heavy atom. The van der Waals surface area contributed by atoms with Crippen LogP contribution in [0.25, 0.3) is 0 Å². The molecule has 6 nitrogen and oxygen atoms in total. The first-order chi connectivity index (χ1) is 17.5. The van der Waals surface area contributed by atoms with Gasteiger partial charge in [0.25, 0.3) is 0 Å². The molecule has 0 aliphatic rings. The fourth-order valence-electron chi connectivity index (χ4n) is 4.10. The number of esters is 1. The molecule has 0 bridgehead atoms. The number of carbonyl (C=O) groups is 1. The molecule has 3 aromatic carbocycles. The molecule has 0 fully saturated rings. The topological polar surface area (TPSA) is 79.2 Å². The second-order valence-electron chi connectivity index (χ2n) is 8.93. The van der Waals surface area contributed by atoms with E-state index in [0.29, 0.717) is 25.4 Å². The van der Waals surface area contributed by atoms with E-state index in [4.69, 9.17) is 9.47 Å². The van der Waals surface area contributed by atoms with Gasteiger partial charge in [0.15, 0.2) is 6.61 Å². The Balaban J connectivity index is 0.00000481. The van der Waals surface area contributed by atoms with Gasteiger partial charge in [0.2, 0.25) is 0 Å². The van der Waals surface area contributed by atoms with Crippen LogP contribution in [0, 0.1) is 0 Å². The fraction of sp³-hybridized carbons (Fsp3) is 0.367. The van der Waals surface area contributed by atoms with Crippen LogP contribution in [0.2, 0.25) is 0 Å². The number of rotatable bonds is 14. The van der Waals surface area contributed by atoms with Crippen molar-refractivity contribution < 1.29 is 24.5 Å². The van der Waals surface area contributed by atoms with Gasteiger partial charge in [0, 0.05) is 19.1 Å². The van der Waals surface area contributed by atoms with Gasteiger partial charge in [0.1, 0.15) is 5.75 Å². The minimum atomic E-state index is -0.646. The van der Waals surface area contributed by atoms with Crippen molar-refractivity contribution in [3.8, 4) is 5.75 Å². The maximum absolute atomic E-state index is 11.5. The van der Waals surface area contributed by atoms with Crippen LogP contribution in [-0.2, 0) is 16.0 Å². The maximum Gasteiger partial charge on any atom is 0.344 e. The number of benzene rings is 3. The van der Waals surface area contributed by atoms with Gasteiger partial charge in [-0.15, -0.1) is 12.4 Å². The van der Waals surface area contributed by atoms with E-state index >= 15 is 0 Å². The van der Waals surface area contributed by atoms with E-state index in [-0.39, 0.29) is 31.0 Å². The van der Waals surface area contributed by atoms with Crippen molar-refractivity contribution in [2.24, 2.45) is 0 Å². The lowest BCUT2D eigenvalue weighted by Gasteiger charge is -2.33. The molecule has 37 heavy (non-hydrogen) atoms. The number of aryl methyl sites for hydroxylation is 1. The molecule has 0 heterocycles. The normalized spacial score (nSPS) is 13.3. The molecule has 2 N–H and O–H groups in total. The zero-order chi connectivity index (χ0) is 25.8. The lowest BCUT2D eigenvalue weighted by atomic mass is 10.0. The zero-order valence-corrected chi connectivity index (χ0v) is 22.3. The average Bonchev–Trinajstić information content (AvgIpc) is 2.91. The van der Waals surface area contributed by atoms with Crippen molar-refractivity contribution in [2.75, 3.05) is 26.3 Å². The molecule has 0 aliphatic heterocycles. The molecule has 200 valence electrons. The van der Waals surface area contributed by atoms with E-state index in [2.05, 4.69) is 11.8 Å². The van der Waals surface area contributed by atoms with Crippen LogP contribution in [0.4, 0.5) is 0 Å². The Bertz CT molecular complexity index is 985. The lowest BCUT2D eigenvalue weighted by molar-refractivity contribution is -0.145. The summed E-state index contributed by atoms with van der Waals surface area (Å²) >= 11 is 0. The molecule has 0 amide bonds. The number of halogens is 1. The minimum Gasteiger partial charge on any atom is -0.482 e. The lowest BCUT2D eigenvalue weighted by Crippen LogP contribution is -2.39. The molecule has 0 aliphatic carbocycles. The maximum atomic E-state index is 11.5. The van der Waals surface area contributed by atoms with E-state index in [9.17, 15) is 15.0 Å². The van der Waals surface area contributed by atoms with Crippen molar-refractivity contribution in [3.05, 3.63) is 102 Å². The summed E-state index contributed by atoms with van der Waals surface area (Å²) in [5.41, 5.74) is 2.88. The minimum absolute atomic E-state index is 0. The third-order valence-electron chi connectivity index (χ3n) is 6.24. The predicted molar refractivity (Wildman–Crippen MR) is 148 cm³/mol. The van der Waals surface area contributed by atoms with Crippen LogP contribution in [-0.4, -0.2) is 53.4 Å². The standard InChI is InChI=1S/C30H37NO5.ClH/c1-3-35-30(34)22-36-27-18-16-24(17-19-27)15-14-23(2)31(20-28(32)25-10-6-4-7-11-25)21-29(33)26-12-8-5-9-13-26;/h4-13,16-19,23,28-29,32-33H,3,14-15,20-22H2,1-2H3;1H/t23-,28-,29-;/m1./s1. The zero-order valence-electron chi connectivity index (χ0n) is 21.5. The smallest absolute Gasteiger partial charge is 0.344 e. The van der Waals surface area contributed by atoms with Gasteiger partial charge >= 0.3 is 5.97 Å². The first-order valence-corrected chi connectivity index (χ1v) is 12.5. The Kier molecular flexibility index (Phi) is 13.2. The predicted octanol–water partition coefficient (Wildman–Crippen LogP) is 5.14. The fourth-order valence-corrected chi connectivity index (χ4v) is 4.10.